The molecule has 1 N–H and O–H groups in total. The van der Waals surface area contributed by atoms with Crippen LogP contribution in [-0.4, -0.2) is 25.0 Å². The number of nitrogens with one attached hydrogen (secondary N) is 1. The summed E-state index contributed by atoms with van der Waals surface area (Å²) in [5.74, 6) is 0.537. The van der Waals surface area contributed by atoms with Gasteiger partial charge in [-0.1, -0.05) is 5.16 Å². The fourth-order valence-corrected chi connectivity index (χ4v) is 1.74. The Bertz CT molecular complexity index is 882. The molecule has 0 aliphatic carbocycles. The molecule has 3 aromatic rings. The molecule has 9 nitrogen and oxygen atoms in total. The van der Waals surface area contributed by atoms with Gasteiger partial charge in [-0.15, -0.1) is 0 Å². The van der Waals surface area contributed by atoms with E-state index in [1.165, 1.54) is 18.2 Å². The first-order chi connectivity index (χ1) is 9.54. The largest absolute Gasteiger partial charge is 0.339 e. The summed E-state index contributed by atoms with van der Waals surface area (Å²) in [6.07, 6.45) is 0. The molecule has 0 unspecified atom stereocenters. The van der Waals surface area contributed by atoms with Crippen molar-refractivity contribution in [2.45, 2.75) is 6.92 Å². The van der Waals surface area contributed by atoms with E-state index >= 15 is 0 Å². The molecule has 0 saturated heterocycles. The fourth-order valence-electron chi connectivity index (χ4n) is 1.74. The summed E-state index contributed by atoms with van der Waals surface area (Å²) in [5.41, 5.74) is -0.381. The van der Waals surface area contributed by atoms with Crippen molar-refractivity contribution in [1.29, 1.82) is 0 Å². The molecule has 0 aliphatic heterocycles. The van der Waals surface area contributed by atoms with Gasteiger partial charge in [0.15, 0.2) is 5.82 Å². The molecule has 100 valence electrons. The quantitative estimate of drug-likeness (QED) is 0.548. The predicted octanol–water partition coefficient (Wildman–Crippen LogP) is 1.19. The van der Waals surface area contributed by atoms with E-state index in [9.17, 15) is 14.9 Å². The third kappa shape index (κ3) is 1.90. The van der Waals surface area contributed by atoms with Gasteiger partial charge in [0.1, 0.15) is 0 Å². The molecular formula is C11H7N5O4. The Morgan fingerprint density at radius 1 is 1.35 bits per heavy atom. The van der Waals surface area contributed by atoms with E-state index in [-0.39, 0.29) is 28.2 Å². The molecule has 0 spiro atoms. The maximum atomic E-state index is 11.9. The number of hydrogen-bond acceptors (Lipinski definition) is 7. The third-order valence-electron chi connectivity index (χ3n) is 2.64. The minimum absolute atomic E-state index is 0.0971. The monoisotopic (exact) mass is 273 g/mol. The van der Waals surface area contributed by atoms with Crippen LogP contribution in [0.1, 0.15) is 5.89 Å². The predicted molar refractivity (Wildman–Crippen MR) is 67.0 cm³/mol. The molecule has 3 rings (SSSR count). The van der Waals surface area contributed by atoms with Crippen LogP contribution in [0.15, 0.2) is 27.5 Å². The van der Waals surface area contributed by atoms with Crippen LogP contribution in [0.5, 0.6) is 0 Å². The van der Waals surface area contributed by atoms with Crippen LogP contribution in [0.25, 0.3) is 22.6 Å². The molecule has 0 saturated carbocycles. The van der Waals surface area contributed by atoms with Gasteiger partial charge in [-0.05, 0) is 6.07 Å². The second-order valence-electron chi connectivity index (χ2n) is 4.01. The molecule has 1 aromatic carbocycles. The van der Waals surface area contributed by atoms with Crippen molar-refractivity contribution < 1.29 is 9.45 Å². The van der Waals surface area contributed by atoms with Gasteiger partial charge >= 0.3 is 0 Å². The third-order valence-corrected chi connectivity index (χ3v) is 2.64. The molecule has 20 heavy (non-hydrogen) atoms. The van der Waals surface area contributed by atoms with Gasteiger partial charge < -0.3 is 9.51 Å². The number of rotatable bonds is 2. The van der Waals surface area contributed by atoms with E-state index in [1.54, 1.807) is 6.92 Å². The number of hydrogen-bond donors (Lipinski definition) is 1. The van der Waals surface area contributed by atoms with Crippen LogP contribution >= 0.6 is 0 Å². The van der Waals surface area contributed by atoms with Gasteiger partial charge in [-0.25, -0.2) is 4.98 Å². The average Bonchev–Trinajstić information content (AvgIpc) is 2.84. The van der Waals surface area contributed by atoms with E-state index in [0.29, 0.717) is 5.89 Å². The van der Waals surface area contributed by atoms with Crippen molar-refractivity contribution in [2.24, 2.45) is 0 Å². The molecule has 0 radical (unpaired) electrons. The van der Waals surface area contributed by atoms with Gasteiger partial charge in [0, 0.05) is 19.1 Å². The zero-order chi connectivity index (χ0) is 14.3. The Hall–Kier alpha value is -3.10. The number of aromatic amines is 1. The maximum absolute atomic E-state index is 11.9. The summed E-state index contributed by atoms with van der Waals surface area (Å²) in [6, 6.07) is 3.82. The Kier molecular flexibility index (Phi) is 2.53. The smallest absolute Gasteiger partial charge is 0.271 e. The first-order valence-electron chi connectivity index (χ1n) is 5.54. The second-order valence-corrected chi connectivity index (χ2v) is 4.01. The minimum Gasteiger partial charge on any atom is -0.339 e. The highest BCUT2D eigenvalue weighted by atomic mass is 16.6. The summed E-state index contributed by atoms with van der Waals surface area (Å²) in [6.45, 7) is 1.60. The Labute approximate surface area is 110 Å². The summed E-state index contributed by atoms with van der Waals surface area (Å²) in [5, 5.41) is 14.6. The normalized spacial score (nSPS) is 10.8. The van der Waals surface area contributed by atoms with Gasteiger partial charge in [0.05, 0.1) is 15.8 Å². The van der Waals surface area contributed by atoms with Crippen molar-refractivity contribution in [3.63, 3.8) is 0 Å². The molecule has 0 fully saturated rings. The Morgan fingerprint density at radius 2 is 2.15 bits per heavy atom. The number of nitro benzene ring substituents is 1. The van der Waals surface area contributed by atoms with Crippen LogP contribution in [0, 0.1) is 17.0 Å². The highest BCUT2D eigenvalue weighted by Gasteiger charge is 2.13. The highest BCUT2D eigenvalue weighted by molar-refractivity contribution is 5.81. The number of non-ortho nitro benzene ring substituents is 1. The minimum atomic E-state index is -0.555. The number of benzene rings is 1. The molecular weight excluding hydrogens is 266 g/mol. The van der Waals surface area contributed by atoms with E-state index in [0.717, 1.165) is 0 Å². The molecule has 9 heteroatoms. The molecule has 0 bridgehead atoms. The second kappa shape index (κ2) is 4.23. The molecule has 0 aliphatic rings. The number of fused-ring (bicyclic) bond motifs is 1. The first kappa shape index (κ1) is 12.0. The highest BCUT2D eigenvalue weighted by Crippen LogP contribution is 2.18. The first-order valence-corrected chi connectivity index (χ1v) is 5.54. The topological polar surface area (TPSA) is 128 Å². The Morgan fingerprint density at radius 3 is 2.80 bits per heavy atom. The van der Waals surface area contributed by atoms with Crippen LogP contribution < -0.4 is 5.56 Å². The fraction of sp³-hybridized carbons (Fsp3) is 0.0909. The molecule has 0 atom stereocenters. The molecule has 2 aromatic heterocycles. The zero-order valence-electron chi connectivity index (χ0n) is 10.2. The van der Waals surface area contributed by atoms with Gasteiger partial charge in [-0.3, -0.25) is 14.9 Å². The van der Waals surface area contributed by atoms with E-state index in [4.69, 9.17) is 4.52 Å². The lowest BCUT2D eigenvalue weighted by molar-refractivity contribution is -0.384. The molecule has 2 heterocycles. The van der Waals surface area contributed by atoms with E-state index in [2.05, 4.69) is 20.1 Å². The number of nitro groups is 1. The van der Waals surface area contributed by atoms with Crippen molar-refractivity contribution in [2.75, 3.05) is 0 Å². The SMILES string of the molecule is Cc1nc(-c2nc3cc([N+](=O)[O-])ccc3c(=O)[nH]2)no1. The van der Waals surface area contributed by atoms with Crippen molar-refractivity contribution >= 4 is 16.6 Å². The van der Waals surface area contributed by atoms with E-state index in [1.807, 2.05) is 0 Å². The van der Waals surface area contributed by atoms with Crippen molar-refractivity contribution in [1.82, 2.24) is 20.1 Å². The van der Waals surface area contributed by atoms with Gasteiger partial charge in [0.25, 0.3) is 11.2 Å². The van der Waals surface area contributed by atoms with Crippen molar-refractivity contribution in [3.8, 4) is 11.6 Å². The van der Waals surface area contributed by atoms with Crippen LogP contribution in [0.3, 0.4) is 0 Å². The number of nitrogens with zero attached hydrogens (tertiary/aromatic N) is 4. The van der Waals surface area contributed by atoms with Crippen LogP contribution in [0.4, 0.5) is 5.69 Å². The standard InChI is InChI=1S/C11H7N5O4/c1-5-12-10(15-20-5)9-13-8-4-6(16(18)19)2-3-7(8)11(17)14-9/h2-4H,1H3,(H,13,14,17). The van der Waals surface area contributed by atoms with Crippen LogP contribution in [-0.2, 0) is 0 Å². The van der Waals surface area contributed by atoms with Crippen LogP contribution in [0.2, 0.25) is 0 Å². The summed E-state index contributed by atoms with van der Waals surface area (Å²) in [7, 11) is 0. The van der Waals surface area contributed by atoms with Gasteiger partial charge in [0.2, 0.25) is 11.7 Å². The summed E-state index contributed by atoms with van der Waals surface area (Å²) < 4.78 is 4.80. The van der Waals surface area contributed by atoms with Gasteiger partial charge in [-0.2, -0.15) is 4.98 Å². The Balaban J connectivity index is 2.26. The maximum Gasteiger partial charge on any atom is 0.271 e. The summed E-state index contributed by atoms with van der Waals surface area (Å²) in [4.78, 5) is 32.7. The summed E-state index contributed by atoms with van der Waals surface area (Å²) >= 11 is 0. The van der Waals surface area contributed by atoms with E-state index < -0.39 is 10.5 Å². The number of aryl methyl sites for hydroxylation is 1. The average molecular weight is 273 g/mol. The van der Waals surface area contributed by atoms with Crippen molar-refractivity contribution in [3.05, 3.63) is 44.6 Å². The molecule has 0 amide bonds. The lowest BCUT2D eigenvalue weighted by Gasteiger charge is -1.99. The lowest BCUT2D eigenvalue weighted by atomic mass is 10.2. The lowest BCUT2D eigenvalue weighted by Crippen LogP contribution is -2.10. The number of H-pyrrole nitrogens is 1. The zero-order valence-corrected chi connectivity index (χ0v) is 10.2. The number of aromatic nitrogens is 4.